The number of nitrogens with one attached hydrogen (secondary N) is 1. The molecule has 0 aliphatic heterocycles. The maximum absolute atomic E-state index is 12.0. The molecular formula is C18H13BrN4O2. The molecule has 0 atom stereocenters. The maximum atomic E-state index is 12.0. The Labute approximate surface area is 152 Å². The van der Waals surface area contributed by atoms with Crippen LogP contribution in [0.15, 0.2) is 74.7 Å². The zero-order valence-corrected chi connectivity index (χ0v) is 14.6. The van der Waals surface area contributed by atoms with Gasteiger partial charge in [-0.15, -0.1) is 10.2 Å². The third-order valence-electron chi connectivity index (χ3n) is 3.10. The standard InChI is InChI=1S/C18H13BrN4O2/c19-15(11-13-7-3-1-4-8-13)12-20-21-16(24)18-23-22-17(25-18)14-9-5-2-6-10-14/h1-12H,(H,21,24). The van der Waals surface area contributed by atoms with Gasteiger partial charge in [0.25, 0.3) is 0 Å². The number of aromatic nitrogens is 2. The SMILES string of the molecule is O=C(NN=CC(Br)=Cc1ccccc1)c1nnc(-c2ccccc2)o1. The third kappa shape index (κ3) is 4.71. The molecular weight excluding hydrogens is 384 g/mol. The summed E-state index contributed by atoms with van der Waals surface area (Å²) in [6.07, 6.45) is 3.34. The van der Waals surface area contributed by atoms with E-state index in [0.29, 0.717) is 4.48 Å². The Morgan fingerprint density at radius 2 is 1.72 bits per heavy atom. The Morgan fingerprint density at radius 1 is 1.04 bits per heavy atom. The van der Waals surface area contributed by atoms with Crippen LogP contribution in [0, 0.1) is 0 Å². The lowest BCUT2D eigenvalue weighted by atomic mass is 10.2. The molecule has 0 bridgehead atoms. The zero-order chi connectivity index (χ0) is 17.5. The molecule has 0 radical (unpaired) electrons. The molecule has 25 heavy (non-hydrogen) atoms. The van der Waals surface area contributed by atoms with Crippen LogP contribution in [0.2, 0.25) is 0 Å². The van der Waals surface area contributed by atoms with Crippen LogP contribution >= 0.6 is 15.9 Å². The van der Waals surface area contributed by atoms with E-state index in [1.807, 2.05) is 66.7 Å². The third-order valence-corrected chi connectivity index (χ3v) is 3.53. The zero-order valence-electron chi connectivity index (χ0n) is 13.0. The first kappa shape index (κ1) is 16.8. The van der Waals surface area contributed by atoms with Gasteiger partial charge in [-0.3, -0.25) is 4.79 Å². The van der Waals surface area contributed by atoms with E-state index in [1.54, 1.807) is 0 Å². The van der Waals surface area contributed by atoms with Crippen LogP contribution in [0.5, 0.6) is 0 Å². The van der Waals surface area contributed by atoms with E-state index in [2.05, 4.69) is 36.7 Å². The molecule has 124 valence electrons. The first-order chi connectivity index (χ1) is 12.2. The highest BCUT2D eigenvalue weighted by Gasteiger charge is 2.14. The van der Waals surface area contributed by atoms with Crippen molar-refractivity contribution in [2.45, 2.75) is 0 Å². The van der Waals surface area contributed by atoms with E-state index in [9.17, 15) is 4.79 Å². The molecule has 3 aromatic rings. The average molecular weight is 397 g/mol. The Kier molecular flexibility index (Phi) is 5.48. The minimum absolute atomic E-state index is 0.154. The van der Waals surface area contributed by atoms with E-state index in [4.69, 9.17) is 4.42 Å². The topological polar surface area (TPSA) is 80.4 Å². The first-order valence-electron chi connectivity index (χ1n) is 7.37. The summed E-state index contributed by atoms with van der Waals surface area (Å²) in [6.45, 7) is 0. The lowest BCUT2D eigenvalue weighted by molar-refractivity contribution is 0.0921. The van der Waals surface area contributed by atoms with Crippen LogP contribution in [-0.2, 0) is 0 Å². The van der Waals surface area contributed by atoms with Crippen LogP contribution in [0.25, 0.3) is 17.5 Å². The number of carbonyl (C=O) groups is 1. The Bertz CT molecular complexity index is 905. The van der Waals surface area contributed by atoms with Crippen LogP contribution in [-0.4, -0.2) is 22.3 Å². The highest BCUT2D eigenvalue weighted by molar-refractivity contribution is 9.12. The van der Waals surface area contributed by atoms with E-state index >= 15 is 0 Å². The van der Waals surface area contributed by atoms with E-state index in [1.165, 1.54) is 6.21 Å². The lowest BCUT2D eigenvalue weighted by Crippen LogP contribution is -2.17. The maximum Gasteiger partial charge on any atom is 0.328 e. The van der Waals surface area contributed by atoms with Gasteiger partial charge in [-0.2, -0.15) is 5.10 Å². The summed E-state index contributed by atoms with van der Waals surface area (Å²) < 4.78 is 6.05. The predicted molar refractivity (Wildman–Crippen MR) is 99.0 cm³/mol. The van der Waals surface area contributed by atoms with Crippen molar-refractivity contribution in [2.75, 3.05) is 0 Å². The van der Waals surface area contributed by atoms with Gasteiger partial charge in [0.05, 0.1) is 6.21 Å². The van der Waals surface area contributed by atoms with Crippen molar-refractivity contribution in [3.8, 4) is 11.5 Å². The Morgan fingerprint density at radius 3 is 2.44 bits per heavy atom. The van der Waals surface area contributed by atoms with Gasteiger partial charge in [0.2, 0.25) is 5.89 Å². The number of carbonyl (C=O) groups excluding carboxylic acids is 1. The summed E-state index contributed by atoms with van der Waals surface area (Å²) in [5, 5.41) is 11.4. The highest BCUT2D eigenvalue weighted by Crippen LogP contribution is 2.16. The van der Waals surface area contributed by atoms with Gasteiger partial charge in [0.1, 0.15) is 0 Å². The molecule has 7 heteroatoms. The summed E-state index contributed by atoms with van der Waals surface area (Å²) in [5.74, 6) is -0.454. The van der Waals surface area contributed by atoms with Crippen molar-refractivity contribution in [3.63, 3.8) is 0 Å². The molecule has 0 unspecified atom stereocenters. The van der Waals surface area contributed by atoms with E-state index in [-0.39, 0.29) is 11.8 Å². The molecule has 2 aromatic carbocycles. The number of hydrazone groups is 1. The number of benzene rings is 2. The molecule has 0 aliphatic carbocycles. The number of hydrogen-bond acceptors (Lipinski definition) is 5. The summed E-state index contributed by atoms with van der Waals surface area (Å²) >= 11 is 3.36. The van der Waals surface area contributed by atoms with Crippen molar-refractivity contribution in [1.82, 2.24) is 15.6 Å². The largest absolute Gasteiger partial charge is 0.412 e. The van der Waals surface area contributed by atoms with Crippen molar-refractivity contribution in [3.05, 3.63) is 76.6 Å². The smallest absolute Gasteiger partial charge is 0.328 e. The fourth-order valence-electron chi connectivity index (χ4n) is 1.96. The first-order valence-corrected chi connectivity index (χ1v) is 8.16. The minimum atomic E-state index is -0.578. The van der Waals surface area contributed by atoms with Crippen molar-refractivity contribution < 1.29 is 9.21 Å². The Balaban J connectivity index is 1.61. The van der Waals surface area contributed by atoms with Gasteiger partial charge in [-0.05, 0) is 39.7 Å². The lowest BCUT2D eigenvalue weighted by Gasteiger charge is -1.95. The number of rotatable bonds is 5. The van der Waals surface area contributed by atoms with Gasteiger partial charge < -0.3 is 4.42 Å². The van der Waals surface area contributed by atoms with Gasteiger partial charge in [-0.25, -0.2) is 5.43 Å². The minimum Gasteiger partial charge on any atom is -0.412 e. The van der Waals surface area contributed by atoms with Crippen molar-refractivity contribution in [2.24, 2.45) is 5.10 Å². The fourth-order valence-corrected chi connectivity index (χ4v) is 2.33. The molecule has 1 amide bonds. The average Bonchev–Trinajstić information content (AvgIpc) is 3.13. The molecule has 0 saturated heterocycles. The number of hydrogen-bond donors (Lipinski definition) is 1. The summed E-state index contributed by atoms with van der Waals surface area (Å²) in [5.41, 5.74) is 4.10. The predicted octanol–water partition coefficient (Wildman–Crippen LogP) is 3.89. The van der Waals surface area contributed by atoms with Crippen LogP contribution in [0.3, 0.4) is 0 Å². The molecule has 1 N–H and O–H groups in total. The summed E-state index contributed by atoms with van der Waals surface area (Å²) in [6, 6.07) is 18.9. The number of nitrogens with zero attached hydrogens (tertiary/aromatic N) is 3. The fraction of sp³-hybridized carbons (Fsp3) is 0. The van der Waals surface area contributed by atoms with E-state index < -0.39 is 5.91 Å². The summed E-state index contributed by atoms with van der Waals surface area (Å²) in [7, 11) is 0. The van der Waals surface area contributed by atoms with Gasteiger partial charge in [-0.1, -0.05) is 48.5 Å². The molecule has 0 saturated carbocycles. The number of allylic oxidation sites excluding steroid dienone is 1. The number of amides is 1. The summed E-state index contributed by atoms with van der Waals surface area (Å²) in [4.78, 5) is 12.0. The molecule has 3 rings (SSSR count). The molecule has 0 fully saturated rings. The molecule has 1 aromatic heterocycles. The molecule has 1 heterocycles. The van der Waals surface area contributed by atoms with Crippen LogP contribution < -0.4 is 5.43 Å². The van der Waals surface area contributed by atoms with E-state index in [0.717, 1.165) is 11.1 Å². The highest BCUT2D eigenvalue weighted by atomic mass is 79.9. The molecule has 0 spiro atoms. The second kappa shape index (κ2) is 8.16. The quantitative estimate of drug-likeness (QED) is 0.523. The van der Waals surface area contributed by atoms with Gasteiger partial charge in [0.15, 0.2) is 0 Å². The second-order valence-corrected chi connectivity index (χ2v) is 5.83. The Hall–Kier alpha value is -3.06. The van der Waals surface area contributed by atoms with Crippen LogP contribution in [0.4, 0.5) is 0 Å². The van der Waals surface area contributed by atoms with Gasteiger partial charge >= 0.3 is 11.8 Å². The van der Waals surface area contributed by atoms with Crippen molar-refractivity contribution in [1.29, 1.82) is 0 Å². The van der Waals surface area contributed by atoms with Crippen LogP contribution in [0.1, 0.15) is 16.2 Å². The normalized spacial score (nSPS) is 11.6. The molecule has 6 nitrogen and oxygen atoms in total. The second-order valence-electron chi connectivity index (χ2n) is 4.92. The van der Waals surface area contributed by atoms with Crippen molar-refractivity contribution >= 4 is 34.1 Å². The van der Waals surface area contributed by atoms with Gasteiger partial charge in [0, 0.05) is 10.0 Å². The molecule has 0 aliphatic rings. The number of halogens is 1. The monoisotopic (exact) mass is 396 g/mol.